The number of hydrogen-bond donors (Lipinski definition) is 1. The van der Waals surface area contributed by atoms with Gasteiger partial charge < -0.3 is 10.1 Å². The molecule has 1 aromatic carbocycles. The third kappa shape index (κ3) is 4.16. The predicted molar refractivity (Wildman–Crippen MR) is 82.4 cm³/mol. The Hall–Kier alpha value is -1.15. The highest BCUT2D eigenvalue weighted by molar-refractivity contribution is 7.86. The SMILES string of the molecule is CCOc1ccc(CN(C)S(=O)(=O)N2CCNCC2)cc1. The minimum atomic E-state index is -3.39. The van der Waals surface area contributed by atoms with Gasteiger partial charge in [0.15, 0.2) is 0 Å². The van der Waals surface area contributed by atoms with Gasteiger partial charge >= 0.3 is 0 Å². The molecule has 1 aromatic rings. The van der Waals surface area contributed by atoms with E-state index in [4.69, 9.17) is 4.74 Å². The highest BCUT2D eigenvalue weighted by Gasteiger charge is 2.27. The maximum atomic E-state index is 12.5. The molecule has 1 saturated heterocycles. The van der Waals surface area contributed by atoms with Gasteiger partial charge in [0.05, 0.1) is 6.61 Å². The Morgan fingerprint density at radius 1 is 1.24 bits per heavy atom. The molecule has 0 unspecified atom stereocenters. The highest BCUT2D eigenvalue weighted by atomic mass is 32.2. The van der Waals surface area contributed by atoms with Crippen molar-refractivity contribution in [1.82, 2.24) is 13.9 Å². The van der Waals surface area contributed by atoms with E-state index in [9.17, 15) is 8.42 Å². The lowest BCUT2D eigenvalue weighted by atomic mass is 10.2. The Morgan fingerprint density at radius 2 is 1.86 bits per heavy atom. The van der Waals surface area contributed by atoms with Gasteiger partial charge in [0.25, 0.3) is 10.2 Å². The minimum absolute atomic E-state index is 0.360. The molecule has 21 heavy (non-hydrogen) atoms. The molecule has 1 heterocycles. The lowest BCUT2D eigenvalue weighted by Gasteiger charge is -2.30. The maximum absolute atomic E-state index is 12.5. The van der Waals surface area contributed by atoms with Gasteiger partial charge in [-0.15, -0.1) is 0 Å². The van der Waals surface area contributed by atoms with E-state index in [1.165, 1.54) is 8.61 Å². The Kier molecular flexibility index (Phi) is 5.58. The molecule has 0 aromatic heterocycles. The Labute approximate surface area is 126 Å². The van der Waals surface area contributed by atoms with Crippen LogP contribution >= 0.6 is 0 Å². The van der Waals surface area contributed by atoms with E-state index >= 15 is 0 Å². The molecule has 0 amide bonds. The second-order valence-corrected chi connectivity index (χ2v) is 7.03. The van der Waals surface area contributed by atoms with Crippen LogP contribution in [0.4, 0.5) is 0 Å². The fraction of sp³-hybridized carbons (Fsp3) is 0.571. The van der Waals surface area contributed by atoms with Crippen molar-refractivity contribution in [3.8, 4) is 5.75 Å². The van der Waals surface area contributed by atoms with E-state index in [2.05, 4.69) is 5.32 Å². The van der Waals surface area contributed by atoms with Crippen molar-refractivity contribution in [2.45, 2.75) is 13.5 Å². The fourth-order valence-electron chi connectivity index (χ4n) is 2.27. The smallest absolute Gasteiger partial charge is 0.282 e. The Morgan fingerprint density at radius 3 is 2.43 bits per heavy atom. The number of benzene rings is 1. The van der Waals surface area contributed by atoms with Gasteiger partial charge in [-0.05, 0) is 24.6 Å². The molecule has 0 aliphatic carbocycles. The van der Waals surface area contributed by atoms with Crippen molar-refractivity contribution >= 4 is 10.2 Å². The van der Waals surface area contributed by atoms with Crippen LogP contribution in [0, 0.1) is 0 Å². The molecular formula is C14H23N3O3S. The molecule has 1 aliphatic heterocycles. The molecule has 7 heteroatoms. The van der Waals surface area contributed by atoms with Gasteiger partial charge in [-0.3, -0.25) is 0 Å². The van der Waals surface area contributed by atoms with Crippen molar-refractivity contribution < 1.29 is 13.2 Å². The van der Waals surface area contributed by atoms with Crippen LogP contribution in [0.15, 0.2) is 24.3 Å². The second-order valence-electron chi connectivity index (χ2n) is 4.99. The molecule has 118 valence electrons. The lowest BCUT2D eigenvalue weighted by molar-refractivity contribution is 0.324. The maximum Gasteiger partial charge on any atom is 0.282 e. The molecule has 1 aliphatic rings. The number of piperazine rings is 1. The Bertz CT molecular complexity index is 539. The van der Waals surface area contributed by atoms with E-state index in [-0.39, 0.29) is 0 Å². The van der Waals surface area contributed by atoms with Gasteiger partial charge in [0, 0.05) is 39.8 Å². The number of nitrogens with one attached hydrogen (secondary N) is 1. The third-order valence-corrected chi connectivity index (χ3v) is 5.37. The number of ether oxygens (including phenoxy) is 1. The van der Waals surface area contributed by atoms with Crippen LogP contribution in [0.3, 0.4) is 0 Å². The molecule has 0 saturated carbocycles. The summed E-state index contributed by atoms with van der Waals surface area (Å²) in [5.41, 5.74) is 0.944. The second kappa shape index (κ2) is 7.22. The van der Waals surface area contributed by atoms with E-state index in [0.717, 1.165) is 11.3 Å². The van der Waals surface area contributed by atoms with Crippen LogP contribution in [-0.4, -0.2) is 56.9 Å². The predicted octanol–water partition coefficient (Wildman–Crippen LogP) is 0.667. The van der Waals surface area contributed by atoms with Gasteiger partial charge in [-0.2, -0.15) is 17.0 Å². The normalized spacial score (nSPS) is 17.1. The van der Waals surface area contributed by atoms with Gasteiger partial charge in [-0.1, -0.05) is 12.1 Å². The first-order valence-corrected chi connectivity index (χ1v) is 8.57. The summed E-state index contributed by atoms with van der Waals surface area (Å²) in [6.45, 7) is 5.37. The first-order chi connectivity index (χ1) is 10.0. The molecule has 0 radical (unpaired) electrons. The highest BCUT2D eigenvalue weighted by Crippen LogP contribution is 2.16. The van der Waals surface area contributed by atoms with Crippen LogP contribution in [0.1, 0.15) is 12.5 Å². The number of nitrogens with zero attached hydrogens (tertiary/aromatic N) is 2. The molecular weight excluding hydrogens is 290 g/mol. The van der Waals surface area contributed by atoms with Gasteiger partial charge in [-0.25, -0.2) is 0 Å². The summed E-state index contributed by atoms with van der Waals surface area (Å²) in [4.78, 5) is 0. The summed E-state index contributed by atoms with van der Waals surface area (Å²) < 4.78 is 33.2. The van der Waals surface area contributed by atoms with Crippen LogP contribution in [0.25, 0.3) is 0 Å². The zero-order valence-corrected chi connectivity index (χ0v) is 13.4. The van der Waals surface area contributed by atoms with Crippen molar-refractivity contribution in [2.24, 2.45) is 0 Å². The quantitative estimate of drug-likeness (QED) is 0.838. The van der Waals surface area contributed by atoms with Crippen LogP contribution < -0.4 is 10.1 Å². The summed E-state index contributed by atoms with van der Waals surface area (Å²) in [6.07, 6.45) is 0. The topological polar surface area (TPSA) is 61.9 Å². The summed E-state index contributed by atoms with van der Waals surface area (Å²) in [6, 6.07) is 7.53. The standard InChI is InChI=1S/C14H23N3O3S/c1-3-20-14-6-4-13(5-7-14)12-16(2)21(18,19)17-10-8-15-9-11-17/h4-7,15H,3,8-12H2,1-2H3. The van der Waals surface area contributed by atoms with Crippen LogP contribution in [0.5, 0.6) is 5.75 Å². The molecule has 1 N–H and O–H groups in total. The zero-order chi connectivity index (χ0) is 15.3. The number of rotatable bonds is 6. The van der Waals surface area contributed by atoms with Crippen molar-refractivity contribution in [1.29, 1.82) is 0 Å². The monoisotopic (exact) mass is 313 g/mol. The minimum Gasteiger partial charge on any atom is -0.494 e. The third-order valence-electron chi connectivity index (χ3n) is 3.44. The molecule has 1 fully saturated rings. The van der Waals surface area contributed by atoms with E-state index < -0.39 is 10.2 Å². The molecule has 6 nitrogen and oxygen atoms in total. The first-order valence-electron chi connectivity index (χ1n) is 7.18. The zero-order valence-electron chi connectivity index (χ0n) is 12.6. The molecule has 0 atom stereocenters. The van der Waals surface area contributed by atoms with Crippen LogP contribution in [0.2, 0.25) is 0 Å². The van der Waals surface area contributed by atoms with Gasteiger partial charge in [0.2, 0.25) is 0 Å². The van der Waals surface area contributed by atoms with E-state index in [1.807, 2.05) is 31.2 Å². The van der Waals surface area contributed by atoms with Crippen LogP contribution in [-0.2, 0) is 16.8 Å². The summed E-state index contributed by atoms with van der Waals surface area (Å²) in [7, 11) is -1.77. The Balaban J connectivity index is 2.00. The van der Waals surface area contributed by atoms with Crippen molar-refractivity contribution in [3.05, 3.63) is 29.8 Å². The van der Waals surface area contributed by atoms with E-state index in [1.54, 1.807) is 7.05 Å². The molecule has 0 spiro atoms. The average Bonchev–Trinajstić information content (AvgIpc) is 2.50. The molecule has 2 rings (SSSR count). The van der Waals surface area contributed by atoms with Crippen molar-refractivity contribution in [3.63, 3.8) is 0 Å². The summed E-state index contributed by atoms with van der Waals surface area (Å²) in [5, 5.41) is 3.16. The fourth-order valence-corrected chi connectivity index (χ4v) is 3.62. The van der Waals surface area contributed by atoms with Gasteiger partial charge in [0.1, 0.15) is 5.75 Å². The van der Waals surface area contributed by atoms with Crippen molar-refractivity contribution in [2.75, 3.05) is 39.8 Å². The lowest BCUT2D eigenvalue weighted by Crippen LogP contribution is -2.50. The first kappa shape index (κ1) is 16.2. The summed E-state index contributed by atoms with van der Waals surface area (Å²) in [5.74, 6) is 0.800. The average molecular weight is 313 g/mol. The van der Waals surface area contributed by atoms with E-state index in [0.29, 0.717) is 39.3 Å². The summed E-state index contributed by atoms with van der Waals surface area (Å²) >= 11 is 0. The molecule has 0 bridgehead atoms. The largest absolute Gasteiger partial charge is 0.494 e. The number of hydrogen-bond acceptors (Lipinski definition) is 4.